The second kappa shape index (κ2) is 8.34. The molecule has 2 radical (unpaired) electrons. The fourth-order valence-corrected chi connectivity index (χ4v) is 6.00. The Morgan fingerprint density at radius 2 is 1.79 bits per heavy atom. The second-order valence-electron chi connectivity index (χ2n) is 10.0. The smallest absolute Gasteiger partial charge is 0.209 e. The molecule has 4 rings (SSSR count). The SMILES string of the molecule is [CH]c1ccc2c(c1)C(C)(C)/C(=C\C=C\C1=[N+](CC)c3ccc(P(=O)([O-])O)cc3C1(C)C)N2CC. The van der Waals surface area contributed by atoms with E-state index in [1.807, 2.05) is 6.07 Å². The molecule has 0 amide bonds. The summed E-state index contributed by atoms with van der Waals surface area (Å²) in [6.45, 7) is 20.5. The van der Waals surface area contributed by atoms with Gasteiger partial charge >= 0.3 is 0 Å². The predicted octanol–water partition coefficient (Wildman–Crippen LogP) is 4.57. The molecule has 1 N–H and O–H groups in total. The molecule has 2 aliphatic rings. The predicted molar refractivity (Wildman–Crippen MR) is 138 cm³/mol. The summed E-state index contributed by atoms with van der Waals surface area (Å²) in [6, 6.07) is 11.0. The maximum absolute atomic E-state index is 11.8. The van der Waals surface area contributed by atoms with Gasteiger partial charge in [0.05, 0.1) is 5.41 Å². The first-order valence-corrected chi connectivity index (χ1v) is 13.3. The van der Waals surface area contributed by atoms with Crippen LogP contribution in [0.3, 0.4) is 0 Å². The van der Waals surface area contributed by atoms with Crippen LogP contribution >= 0.6 is 7.60 Å². The van der Waals surface area contributed by atoms with Crippen molar-refractivity contribution < 1.29 is 18.9 Å². The molecule has 1 unspecified atom stereocenters. The van der Waals surface area contributed by atoms with Crippen LogP contribution in [0.25, 0.3) is 0 Å². The first-order valence-electron chi connectivity index (χ1n) is 11.7. The van der Waals surface area contributed by atoms with Crippen molar-refractivity contribution in [1.82, 2.24) is 0 Å². The molecule has 5 nitrogen and oxygen atoms in total. The molecule has 0 fully saturated rings. The molecule has 0 spiro atoms. The Morgan fingerprint density at radius 1 is 1.09 bits per heavy atom. The molecular formula is C28H33N2O3P. The highest BCUT2D eigenvalue weighted by molar-refractivity contribution is 7.58. The molecule has 0 saturated carbocycles. The van der Waals surface area contributed by atoms with Crippen LogP contribution in [0.2, 0.25) is 0 Å². The molecule has 2 aliphatic heterocycles. The zero-order chi connectivity index (χ0) is 25.1. The molecule has 0 aliphatic carbocycles. The number of likely N-dealkylation sites (N-methyl/N-ethyl adjacent to an activating group) is 1. The number of allylic oxidation sites excluding steroid dienone is 4. The Balaban J connectivity index is 1.75. The van der Waals surface area contributed by atoms with E-state index in [0.29, 0.717) is 0 Å². The fraction of sp³-hybridized carbons (Fsp3) is 0.357. The topological polar surface area (TPSA) is 66.6 Å². The van der Waals surface area contributed by atoms with Gasteiger partial charge in [-0.1, -0.05) is 32.1 Å². The number of hydrogen-bond donors (Lipinski definition) is 1. The minimum atomic E-state index is -4.57. The summed E-state index contributed by atoms with van der Waals surface area (Å²) < 4.78 is 14.0. The van der Waals surface area contributed by atoms with Crippen molar-refractivity contribution in [2.24, 2.45) is 0 Å². The number of fused-ring (bicyclic) bond motifs is 2. The van der Waals surface area contributed by atoms with E-state index in [0.717, 1.165) is 35.6 Å². The van der Waals surface area contributed by atoms with E-state index in [4.69, 9.17) is 6.92 Å². The standard InChI is InChI=1S/C28H33N2O3P/c1-8-29-23-15-13-19(3)17-21(23)27(4,5)25(29)11-10-12-26-28(6,7)22-18-20(34(31,32)33)14-16-24(22)30(26)9-2/h3,10-18H,8-9H2,1-2,4-7H3,(H-,31,32,33). The molecule has 0 aromatic heterocycles. The molecule has 6 heteroatoms. The Labute approximate surface area is 203 Å². The third kappa shape index (κ3) is 3.80. The molecule has 34 heavy (non-hydrogen) atoms. The molecule has 0 bridgehead atoms. The Morgan fingerprint density at radius 3 is 2.41 bits per heavy atom. The zero-order valence-electron chi connectivity index (χ0n) is 20.8. The van der Waals surface area contributed by atoms with Gasteiger partial charge in [-0.25, -0.2) is 0 Å². The molecule has 0 saturated heterocycles. The lowest BCUT2D eigenvalue weighted by molar-refractivity contribution is -0.433. The third-order valence-corrected chi connectivity index (χ3v) is 8.19. The highest BCUT2D eigenvalue weighted by atomic mass is 31.2. The van der Waals surface area contributed by atoms with E-state index in [1.165, 1.54) is 23.0 Å². The van der Waals surface area contributed by atoms with Gasteiger partial charge in [-0.05, 0) is 70.0 Å². The lowest BCUT2D eigenvalue weighted by atomic mass is 9.81. The van der Waals surface area contributed by atoms with Crippen molar-refractivity contribution in [2.75, 3.05) is 18.0 Å². The maximum atomic E-state index is 11.8. The van der Waals surface area contributed by atoms with Gasteiger partial charge in [-0.15, -0.1) is 0 Å². The van der Waals surface area contributed by atoms with Crippen LogP contribution in [0.1, 0.15) is 58.2 Å². The zero-order valence-corrected chi connectivity index (χ0v) is 21.7. The third-order valence-electron chi connectivity index (χ3n) is 7.26. The fourth-order valence-electron chi connectivity index (χ4n) is 5.44. The van der Waals surface area contributed by atoms with Crippen molar-refractivity contribution in [3.63, 3.8) is 0 Å². The highest BCUT2D eigenvalue weighted by Crippen LogP contribution is 2.48. The van der Waals surface area contributed by atoms with Gasteiger partial charge in [0.2, 0.25) is 5.69 Å². The van der Waals surface area contributed by atoms with Crippen molar-refractivity contribution >= 4 is 30.0 Å². The number of hydrogen-bond acceptors (Lipinski definition) is 3. The Kier molecular flexibility index (Phi) is 6.05. The van der Waals surface area contributed by atoms with Crippen molar-refractivity contribution in [2.45, 2.75) is 52.4 Å². The van der Waals surface area contributed by atoms with Gasteiger partial charge in [0.1, 0.15) is 6.54 Å². The van der Waals surface area contributed by atoms with E-state index in [-0.39, 0.29) is 10.7 Å². The average molecular weight is 477 g/mol. The minimum absolute atomic E-state index is 0.0499. The van der Waals surface area contributed by atoms with E-state index in [2.05, 4.69) is 81.4 Å². The molecule has 178 valence electrons. The summed E-state index contributed by atoms with van der Waals surface area (Å²) >= 11 is 0. The van der Waals surface area contributed by atoms with Gasteiger partial charge in [0, 0.05) is 46.4 Å². The van der Waals surface area contributed by atoms with E-state index in [1.54, 1.807) is 12.1 Å². The van der Waals surface area contributed by atoms with Gasteiger partial charge in [0.15, 0.2) is 13.3 Å². The molecule has 1 atom stereocenters. The largest absolute Gasteiger partial charge is 0.775 e. The summed E-state index contributed by atoms with van der Waals surface area (Å²) in [6.07, 6.45) is 6.38. The second-order valence-corrected chi connectivity index (χ2v) is 11.6. The van der Waals surface area contributed by atoms with Crippen molar-refractivity contribution in [3.8, 4) is 0 Å². The van der Waals surface area contributed by atoms with Crippen LogP contribution in [0.5, 0.6) is 0 Å². The van der Waals surface area contributed by atoms with Gasteiger partial charge < -0.3 is 19.3 Å². The number of rotatable bonds is 5. The van der Waals surface area contributed by atoms with Crippen LogP contribution in [0, 0.1) is 6.92 Å². The quantitative estimate of drug-likeness (QED) is 0.507. The summed E-state index contributed by atoms with van der Waals surface area (Å²) in [4.78, 5) is 23.7. The van der Waals surface area contributed by atoms with Crippen LogP contribution in [-0.4, -0.2) is 28.3 Å². The number of nitrogens with zero attached hydrogens (tertiary/aromatic N) is 2. The van der Waals surface area contributed by atoms with Gasteiger partial charge in [-0.2, -0.15) is 4.58 Å². The summed E-state index contributed by atoms with van der Waals surface area (Å²) in [5.41, 5.74) is 6.74. The molecule has 2 aromatic carbocycles. The van der Waals surface area contributed by atoms with E-state index in [9.17, 15) is 14.4 Å². The number of benzene rings is 2. The van der Waals surface area contributed by atoms with Crippen LogP contribution < -0.4 is 15.1 Å². The maximum Gasteiger partial charge on any atom is 0.209 e. The van der Waals surface area contributed by atoms with Crippen LogP contribution in [-0.2, 0) is 15.4 Å². The average Bonchev–Trinajstić information content (AvgIpc) is 3.11. The van der Waals surface area contributed by atoms with Crippen molar-refractivity contribution in [1.29, 1.82) is 0 Å². The summed E-state index contributed by atoms with van der Waals surface area (Å²) in [5, 5.41) is -0.0499. The number of anilines is 1. The monoisotopic (exact) mass is 476 g/mol. The summed E-state index contributed by atoms with van der Waals surface area (Å²) in [7, 11) is -4.57. The lowest BCUT2D eigenvalue weighted by Crippen LogP contribution is -2.28. The Bertz CT molecular complexity index is 1290. The van der Waals surface area contributed by atoms with Crippen LogP contribution in [0.4, 0.5) is 11.4 Å². The molecule has 2 heterocycles. The summed E-state index contributed by atoms with van der Waals surface area (Å²) in [5.74, 6) is 0. The Hall–Kier alpha value is -2.46. The van der Waals surface area contributed by atoms with Crippen molar-refractivity contribution in [3.05, 3.63) is 83.9 Å². The molecule has 2 aromatic rings. The van der Waals surface area contributed by atoms with E-state index >= 15 is 0 Å². The van der Waals surface area contributed by atoms with Gasteiger partial charge in [0.25, 0.3) is 0 Å². The minimum Gasteiger partial charge on any atom is -0.775 e. The van der Waals surface area contributed by atoms with Crippen LogP contribution in [0.15, 0.2) is 60.3 Å². The molecular weight excluding hydrogens is 443 g/mol. The van der Waals surface area contributed by atoms with E-state index < -0.39 is 13.0 Å². The van der Waals surface area contributed by atoms with Gasteiger partial charge in [-0.3, -0.25) is 0 Å². The normalized spacial score (nSPS) is 21.3. The first-order chi connectivity index (χ1) is 15.8. The lowest BCUT2D eigenvalue weighted by Gasteiger charge is -2.25. The highest BCUT2D eigenvalue weighted by Gasteiger charge is 2.44. The first kappa shape index (κ1) is 24.7.